The van der Waals surface area contributed by atoms with Gasteiger partial charge in [-0.25, -0.2) is 0 Å². The van der Waals surface area contributed by atoms with Crippen molar-refractivity contribution in [2.45, 2.75) is 78.1 Å². The van der Waals surface area contributed by atoms with Crippen LogP contribution in [0.25, 0.3) is 0 Å². The van der Waals surface area contributed by atoms with Crippen LogP contribution in [0.15, 0.2) is 12.2 Å². The first kappa shape index (κ1) is 21.3. The monoisotopic (exact) mass is 249 g/mol. The van der Waals surface area contributed by atoms with E-state index in [2.05, 4.69) is 26.0 Å². The van der Waals surface area contributed by atoms with Crippen molar-refractivity contribution in [1.82, 2.24) is 6.15 Å². The lowest BCUT2D eigenvalue weighted by Gasteiger charge is -1.96. The molecule has 0 bridgehead atoms. The molecule has 0 aliphatic heterocycles. The number of rotatable bonds is 10. The molecule has 0 aromatic carbocycles. The Morgan fingerprint density at radius 3 is 1.50 bits per heavy atom. The SMILES string of the molecule is CCCCCC=CCCCCCCC.Cl.N. The Labute approximate surface area is 109 Å². The predicted octanol–water partition coefficient (Wildman–Crippen LogP) is 6.07. The van der Waals surface area contributed by atoms with Crippen molar-refractivity contribution in [2.24, 2.45) is 0 Å². The molecule has 0 aromatic rings. The minimum absolute atomic E-state index is 0. The quantitative estimate of drug-likeness (QED) is 0.370. The lowest BCUT2D eigenvalue weighted by atomic mass is 10.1. The van der Waals surface area contributed by atoms with Gasteiger partial charge in [0.15, 0.2) is 0 Å². The summed E-state index contributed by atoms with van der Waals surface area (Å²) in [5.74, 6) is 0. The van der Waals surface area contributed by atoms with Crippen molar-refractivity contribution in [1.29, 1.82) is 0 Å². The number of hydrogen-bond donors (Lipinski definition) is 1. The van der Waals surface area contributed by atoms with Crippen LogP contribution in [-0.2, 0) is 0 Å². The highest BCUT2D eigenvalue weighted by Gasteiger charge is 1.86. The van der Waals surface area contributed by atoms with E-state index >= 15 is 0 Å². The minimum atomic E-state index is 0. The van der Waals surface area contributed by atoms with E-state index < -0.39 is 0 Å². The summed E-state index contributed by atoms with van der Waals surface area (Å²) in [6, 6.07) is 0. The maximum absolute atomic E-state index is 2.38. The summed E-state index contributed by atoms with van der Waals surface area (Å²) in [5.41, 5.74) is 0. The molecule has 100 valence electrons. The average Bonchev–Trinajstić information content (AvgIpc) is 2.21. The van der Waals surface area contributed by atoms with Crippen molar-refractivity contribution in [3.05, 3.63) is 12.2 Å². The fraction of sp³-hybridized carbons (Fsp3) is 0.857. The van der Waals surface area contributed by atoms with Gasteiger partial charge in [0.1, 0.15) is 0 Å². The van der Waals surface area contributed by atoms with Gasteiger partial charge >= 0.3 is 0 Å². The highest BCUT2D eigenvalue weighted by molar-refractivity contribution is 5.85. The number of halogens is 1. The molecule has 0 saturated carbocycles. The molecule has 0 aliphatic rings. The smallest absolute Gasteiger partial charge is 0.0351 e. The van der Waals surface area contributed by atoms with Crippen molar-refractivity contribution in [3.8, 4) is 0 Å². The van der Waals surface area contributed by atoms with E-state index in [1.54, 1.807) is 0 Å². The molecule has 0 amide bonds. The van der Waals surface area contributed by atoms with E-state index in [1.165, 1.54) is 64.2 Å². The first-order chi connectivity index (χ1) is 6.91. The van der Waals surface area contributed by atoms with Crippen LogP contribution in [-0.4, -0.2) is 0 Å². The third-order valence-corrected chi connectivity index (χ3v) is 2.62. The highest BCUT2D eigenvalue weighted by atomic mass is 35.5. The number of unbranched alkanes of at least 4 members (excludes halogenated alkanes) is 8. The normalized spacial score (nSPS) is 9.88. The van der Waals surface area contributed by atoms with Gasteiger partial charge in [-0.15, -0.1) is 12.4 Å². The summed E-state index contributed by atoms with van der Waals surface area (Å²) in [6.45, 7) is 4.53. The van der Waals surface area contributed by atoms with E-state index in [4.69, 9.17) is 0 Å². The molecule has 0 rings (SSSR count). The molecule has 0 unspecified atom stereocenters. The first-order valence-corrected chi connectivity index (χ1v) is 6.56. The van der Waals surface area contributed by atoms with Crippen LogP contribution >= 0.6 is 12.4 Å². The van der Waals surface area contributed by atoms with E-state index in [0.29, 0.717) is 0 Å². The van der Waals surface area contributed by atoms with E-state index in [9.17, 15) is 0 Å². The van der Waals surface area contributed by atoms with Crippen molar-refractivity contribution < 1.29 is 0 Å². The Morgan fingerprint density at radius 2 is 1.00 bits per heavy atom. The summed E-state index contributed by atoms with van der Waals surface area (Å²) in [5, 5.41) is 0. The third kappa shape index (κ3) is 19.5. The van der Waals surface area contributed by atoms with Crippen LogP contribution in [0.1, 0.15) is 78.1 Å². The highest BCUT2D eigenvalue weighted by Crippen LogP contribution is 2.06. The Bertz CT molecular complexity index is 124. The zero-order valence-corrected chi connectivity index (χ0v) is 12.2. The number of hydrogen-bond acceptors (Lipinski definition) is 1. The molecule has 2 heteroatoms. The molecule has 0 atom stereocenters. The lowest BCUT2D eigenvalue weighted by Crippen LogP contribution is -1.76. The van der Waals surface area contributed by atoms with Crippen LogP contribution in [0.3, 0.4) is 0 Å². The molecule has 0 spiro atoms. The van der Waals surface area contributed by atoms with E-state index in [-0.39, 0.29) is 18.6 Å². The third-order valence-electron chi connectivity index (χ3n) is 2.62. The van der Waals surface area contributed by atoms with Crippen LogP contribution < -0.4 is 6.15 Å². The van der Waals surface area contributed by atoms with Crippen molar-refractivity contribution in [2.75, 3.05) is 0 Å². The molecular formula is C14H32ClN. The maximum Gasteiger partial charge on any atom is -0.0351 e. The summed E-state index contributed by atoms with van der Waals surface area (Å²) >= 11 is 0. The largest absolute Gasteiger partial charge is 0.344 e. The maximum atomic E-state index is 2.38. The lowest BCUT2D eigenvalue weighted by molar-refractivity contribution is 0.636. The van der Waals surface area contributed by atoms with Crippen molar-refractivity contribution in [3.63, 3.8) is 0 Å². The van der Waals surface area contributed by atoms with Gasteiger partial charge in [0.05, 0.1) is 0 Å². The van der Waals surface area contributed by atoms with Gasteiger partial charge in [-0.3, -0.25) is 0 Å². The standard InChI is InChI=1S/C14H28.ClH.H3N/c1-3-5-7-9-11-13-14-12-10-8-6-4-2;;/h11,13H,3-10,12,14H2,1-2H3;1H;1H3. The molecule has 1 nitrogen and oxygen atoms in total. The molecule has 0 saturated heterocycles. The van der Waals surface area contributed by atoms with Crippen LogP contribution in [0.5, 0.6) is 0 Å². The fourth-order valence-corrected chi connectivity index (χ4v) is 1.61. The number of allylic oxidation sites excluding steroid dienone is 2. The molecule has 0 fully saturated rings. The predicted molar refractivity (Wildman–Crippen MR) is 78.9 cm³/mol. The molecular weight excluding hydrogens is 218 g/mol. The van der Waals surface area contributed by atoms with Gasteiger partial charge in [0, 0.05) is 0 Å². The Balaban J connectivity index is -0.000000845. The van der Waals surface area contributed by atoms with Gasteiger partial charge in [-0.1, -0.05) is 64.5 Å². The molecule has 0 heterocycles. The minimum Gasteiger partial charge on any atom is -0.344 e. The molecule has 0 aromatic heterocycles. The first-order valence-electron chi connectivity index (χ1n) is 6.56. The Hall–Kier alpha value is -0.0100. The van der Waals surface area contributed by atoms with E-state index in [0.717, 1.165) is 0 Å². The molecule has 3 N–H and O–H groups in total. The van der Waals surface area contributed by atoms with Gasteiger partial charge in [0.25, 0.3) is 0 Å². The Kier molecular flexibility index (Phi) is 27.2. The zero-order chi connectivity index (χ0) is 10.5. The summed E-state index contributed by atoms with van der Waals surface area (Å²) in [6.07, 6.45) is 18.5. The van der Waals surface area contributed by atoms with Gasteiger partial charge in [-0.2, -0.15) is 0 Å². The topological polar surface area (TPSA) is 35.0 Å². The van der Waals surface area contributed by atoms with Crippen molar-refractivity contribution >= 4 is 12.4 Å². The summed E-state index contributed by atoms with van der Waals surface area (Å²) in [7, 11) is 0. The Morgan fingerprint density at radius 1 is 0.625 bits per heavy atom. The van der Waals surface area contributed by atoms with Gasteiger partial charge < -0.3 is 6.15 Å². The second kappa shape index (κ2) is 20.4. The molecule has 0 radical (unpaired) electrons. The van der Waals surface area contributed by atoms with E-state index in [1.807, 2.05) is 0 Å². The average molecular weight is 250 g/mol. The second-order valence-electron chi connectivity index (χ2n) is 4.17. The summed E-state index contributed by atoms with van der Waals surface area (Å²) < 4.78 is 0. The molecule has 0 aliphatic carbocycles. The summed E-state index contributed by atoms with van der Waals surface area (Å²) in [4.78, 5) is 0. The van der Waals surface area contributed by atoms with Crippen LogP contribution in [0.4, 0.5) is 0 Å². The molecule has 16 heavy (non-hydrogen) atoms. The van der Waals surface area contributed by atoms with Crippen LogP contribution in [0.2, 0.25) is 0 Å². The van der Waals surface area contributed by atoms with Gasteiger partial charge in [-0.05, 0) is 25.7 Å². The zero-order valence-electron chi connectivity index (χ0n) is 11.3. The fourth-order valence-electron chi connectivity index (χ4n) is 1.61. The second-order valence-corrected chi connectivity index (χ2v) is 4.17. The van der Waals surface area contributed by atoms with Gasteiger partial charge in [0.2, 0.25) is 0 Å². The van der Waals surface area contributed by atoms with Crippen LogP contribution in [0, 0.1) is 0 Å².